The first-order chi connectivity index (χ1) is 9.92. The van der Waals surface area contributed by atoms with E-state index in [0.29, 0.717) is 12.1 Å². The molecule has 0 radical (unpaired) electrons. The molecule has 0 fully saturated rings. The SMILES string of the molecule is Cc1cc(CNc2ccc(C(C)(C)C#N)cc2)ccc1F. The number of nitrogens with one attached hydrogen (secondary N) is 1. The van der Waals surface area contributed by atoms with E-state index in [1.54, 1.807) is 13.0 Å². The van der Waals surface area contributed by atoms with Crippen LogP contribution in [0.5, 0.6) is 0 Å². The number of benzene rings is 2. The molecule has 21 heavy (non-hydrogen) atoms. The summed E-state index contributed by atoms with van der Waals surface area (Å²) < 4.78 is 13.2. The van der Waals surface area contributed by atoms with Crippen LogP contribution in [0, 0.1) is 24.1 Å². The van der Waals surface area contributed by atoms with Crippen LogP contribution in [0.4, 0.5) is 10.1 Å². The highest BCUT2D eigenvalue weighted by Gasteiger charge is 2.18. The average Bonchev–Trinajstić information content (AvgIpc) is 2.49. The lowest BCUT2D eigenvalue weighted by Crippen LogP contribution is -2.13. The van der Waals surface area contributed by atoms with Gasteiger partial charge >= 0.3 is 0 Å². The fourth-order valence-corrected chi connectivity index (χ4v) is 2.09. The van der Waals surface area contributed by atoms with E-state index in [1.807, 2.05) is 44.2 Å². The number of anilines is 1. The van der Waals surface area contributed by atoms with Crippen LogP contribution in [0.1, 0.15) is 30.5 Å². The summed E-state index contributed by atoms with van der Waals surface area (Å²) in [7, 11) is 0. The van der Waals surface area contributed by atoms with Crippen molar-refractivity contribution in [3.05, 3.63) is 65.0 Å². The predicted octanol–water partition coefficient (Wildman–Crippen LogP) is 4.55. The van der Waals surface area contributed by atoms with E-state index in [9.17, 15) is 4.39 Å². The maximum atomic E-state index is 13.2. The Labute approximate surface area is 125 Å². The molecule has 2 nitrogen and oxygen atoms in total. The zero-order chi connectivity index (χ0) is 15.5. The molecule has 0 aliphatic rings. The lowest BCUT2D eigenvalue weighted by Gasteiger charge is -2.16. The van der Waals surface area contributed by atoms with Gasteiger partial charge in [0, 0.05) is 12.2 Å². The topological polar surface area (TPSA) is 35.8 Å². The standard InChI is InChI=1S/C18H19FN2/c1-13-10-14(4-9-17(13)19)11-21-16-7-5-15(6-8-16)18(2,3)12-20/h4-10,21H,11H2,1-3H3. The number of aryl methyl sites for hydroxylation is 1. The maximum Gasteiger partial charge on any atom is 0.126 e. The van der Waals surface area contributed by atoms with E-state index < -0.39 is 5.41 Å². The van der Waals surface area contributed by atoms with Gasteiger partial charge in [0.1, 0.15) is 5.82 Å². The quantitative estimate of drug-likeness (QED) is 0.893. The van der Waals surface area contributed by atoms with Gasteiger partial charge in [-0.3, -0.25) is 0 Å². The van der Waals surface area contributed by atoms with Crippen LogP contribution >= 0.6 is 0 Å². The zero-order valence-electron chi connectivity index (χ0n) is 12.6. The Kier molecular flexibility index (Phi) is 4.28. The maximum absolute atomic E-state index is 13.2. The largest absolute Gasteiger partial charge is 0.381 e. The minimum atomic E-state index is -0.480. The first kappa shape index (κ1) is 15.1. The molecule has 2 aromatic rings. The van der Waals surface area contributed by atoms with Crippen molar-refractivity contribution in [1.29, 1.82) is 5.26 Å². The molecule has 108 valence electrons. The molecule has 0 amide bonds. The minimum Gasteiger partial charge on any atom is -0.381 e. The van der Waals surface area contributed by atoms with Crippen molar-refractivity contribution in [1.82, 2.24) is 0 Å². The van der Waals surface area contributed by atoms with Gasteiger partial charge in [-0.15, -0.1) is 0 Å². The fraction of sp³-hybridized carbons (Fsp3) is 0.278. The van der Waals surface area contributed by atoms with E-state index in [4.69, 9.17) is 5.26 Å². The molecule has 0 aliphatic heterocycles. The highest BCUT2D eigenvalue weighted by Crippen LogP contribution is 2.23. The van der Waals surface area contributed by atoms with Gasteiger partial charge in [0.05, 0.1) is 11.5 Å². The van der Waals surface area contributed by atoms with Crippen molar-refractivity contribution >= 4 is 5.69 Å². The molecule has 0 bridgehead atoms. The third kappa shape index (κ3) is 3.61. The van der Waals surface area contributed by atoms with Crippen molar-refractivity contribution in [2.24, 2.45) is 0 Å². The van der Waals surface area contributed by atoms with Gasteiger partial charge in [0.2, 0.25) is 0 Å². The van der Waals surface area contributed by atoms with Gasteiger partial charge in [-0.1, -0.05) is 24.3 Å². The highest BCUT2D eigenvalue weighted by molar-refractivity contribution is 5.47. The molecule has 2 aromatic carbocycles. The van der Waals surface area contributed by atoms with Crippen LogP contribution in [0.15, 0.2) is 42.5 Å². The third-order valence-corrected chi connectivity index (χ3v) is 3.61. The van der Waals surface area contributed by atoms with Gasteiger partial charge in [0.15, 0.2) is 0 Å². The molecule has 0 unspecified atom stereocenters. The lowest BCUT2D eigenvalue weighted by atomic mass is 9.86. The molecule has 0 spiro atoms. The monoisotopic (exact) mass is 282 g/mol. The van der Waals surface area contributed by atoms with Gasteiger partial charge in [-0.25, -0.2) is 4.39 Å². The van der Waals surface area contributed by atoms with Crippen LogP contribution in [0.2, 0.25) is 0 Å². The van der Waals surface area contributed by atoms with Crippen molar-refractivity contribution in [2.45, 2.75) is 32.7 Å². The number of hydrogen-bond acceptors (Lipinski definition) is 2. The van der Waals surface area contributed by atoms with Gasteiger partial charge in [0.25, 0.3) is 0 Å². The molecule has 1 N–H and O–H groups in total. The molecule has 0 saturated carbocycles. The summed E-state index contributed by atoms with van der Waals surface area (Å²) in [6.07, 6.45) is 0. The smallest absolute Gasteiger partial charge is 0.126 e. The normalized spacial score (nSPS) is 11.0. The fourth-order valence-electron chi connectivity index (χ4n) is 2.09. The van der Waals surface area contributed by atoms with E-state index in [0.717, 1.165) is 16.8 Å². The number of nitriles is 1. The van der Waals surface area contributed by atoms with Crippen molar-refractivity contribution in [3.8, 4) is 6.07 Å². The number of halogens is 1. The summed E-state index contributed by atoms with van der Waals surface area (Å²) in [5.74, 6) is -0.179. The molecule has 0 atom stereocenters. The Balaban J connectivity index is 2.04. The second-order valence-electron chi connectivity index (χ2n) is 5.75. The number of rotatable bonds is 4. The molecule has 0 aromatic heterocycles. The van der Waals surface area contributed by atoms with Crippen LogP contribution in [-0.4, -0.2) is 0 Å². The first-order valence-electron chi connectivity index (χ1n) is 6.93. The lowest BCUT2D eigenvalue weighted by molar-refractivity contribution is 0.617. The summed E-state index contributed by atoms with van der Waals surface area (Å²) >= 11 is 0. The molecular formula is C18H19FN2. The molecule has 0 aliphatic carbocycles. The molecular weight excluding hydrogens is 263 g/mol. The Morgan fingerprint density at radius 3 is 2.38 bits per heavy atom. The second-order valence-corrected chi connectivity index (χ2v) is 5.75. The number of nitrogens with zero attached hydrogens (tertiary/aromatic N) is 1. The van der Waals surface area contributed by atoms with Crippen LogP contribution < -0.4 is 5.32 Å². The Morgan fingerprint density at radius 1 is 1.14 bits per heavy atom. The van der Waals surface area contributed by atoms with E-state index in [2.05, 4.69) is 11.4 Å². The van der Waals surface area contributed by atoms with E-state index in [-0.39, 0.29) is 5.82 Å². The summed E-state index contributed by atoms with van der Waals surface area (Å²) in [6, 6.07) is 15.3. The third-order valence-electron chi connectivity index (χ3n) is 3.61. The minimum absolute atomic E-state index is 0.179. The Bertz CT molecular complexity index is 667. The van der Waals surface area contributed by atoms with Crippen LogP contribution in [0.25, 0.3) is 0 Å². The predicted molar refractivity (Wildman–Crippen MR) is 83.5 cm³/mol. The zero-order valence-corrected chi connectivity index (χ0v) is 12.6. The average molecular weight is 282 g/mol. The summed E-state index contributed by atoms with van der Waals surface area (Å²) in [5, 5.41) is 12.4. The van der Waals surface area contributed by atoms with Crippen molar-refractivity contribution in [2.75, 3.05) is 5.32 Å². The van der Waals surface area contributed by atoms with Gasteiger partial charge in [-0.05, 0) is 55.7 Å². The molecule has 0 heterocycles. The highest BCUT2D eigenvalue weighted by atomic mass is 19.1. The summed E-state index contributed by atoms with van der Waals surface area (Å²) in [4.78, 5) is 0. The van der Waals surface area contributed by atoms with Gasteiger partial charge in [-0.2, -0.15) is 5.26 Å². The molecule has 0 saturated heterocycles. The summed E-state index contributed by atoms with van der Waals surface area (Å²) in [5.41, 5.74) is 3.19. The summed E-state index contributed by atoms with van der Waals surface area (Å²) in [6.45, 7) is 6.20. The first-order valence-corrected chi connectivity index (χ1v) is 6.93. The van der Waals surface area contributed by atoms with E-state index >= 15 is 0 Å². The Hall–Kier alpha value is -2.34. The van der Waals surface area contributed by atoms with Gasteiger partial charge < -0.3 is 5.32 Å². The van der Waals surface area contributed by atoms with E-state index in [1.165, 1.54) is 6.07 Å². The van der Waals surface area contributed by atoms with Crippen molar-refractivity contribution in [3.63, 3.8) is 0 Å². The molecule has 3 heteroatoms. The van der Waals surface area contributed by atoms with Crippen LogP contribution in [0.3, 0.4) is 0 Å². The van der Waals surface area contributed by atoms with Crippen LogP contribution in [-0.2, 0) is 12.0 Å². The second kappa shape index (κ2) is 5.97. The molecule has 2 rings (SSSR count). The van der Waals surface area contributed by atoms with Crippen molar-refractivity contribution < 1.29 is 4.39 Å². The Morgan fingerprint density at radius 2 is 1.81 bits per heavy atom. The number of hydrogen-bond donors (Lipinski definition) is 1.